The number of fused-ring (bicyclic) bond motifs is 4. The average molecular weight is 622 g/mol. The zero-order chi connectivity index (χ0) is 28.0. The van der Waals surface area contributed by atoms with Crippen molar-refractivity contribution in [1.29, 1.82) is 0 Å². The number of benzene rings is 2. The molecule has 40 heavy (non-hydrogen) atoms. The number of hydrogen-bond donors (Lipinski definition) is 2. The van der Waals surface area contributed by atoms with Gasteiger partial charge in [-0.3, -0.25) is 14.4 Å². The van der Waals surface area contributed by atoms with Crippen LogP contribution in [0.5, 0.6) is 0 Å². The van der Waals surface area contributed by atoms with E-state index in [1.165, 1.54) is 0 Å². The first-order valence-corrected chi connectivity index (χ1v) is 14.1. The fourth-order valence-electron chi connectivity index (χ4n) is 5.69. The minimum Gasteiger partial charge on any atom is -0.444 e. The molecule has 0 unspecified atom stereocenters. The van der Waals surface area contributed by atoms with Gasteiger partial charge in [0.15, 0.2) is 10.4 Å². The molecule has 0 aliphatic carbocycles. The van der Waals surface area contributed by atoms with Crippen molar-refractivity contribution in [3.05, 3.63) is 109 Å². The summed E-state index contributed by atoms with van der Waals surface area (Å²) in [5.74, 6) is -0.142. The van der Waals surface area contributed by atoms with Crippen molar-refractivity contribution < 1.29 is 14.0 Å². The van der Waals surface area contributed by atoms with Crippen molar-refractivity contribution >= 4 is 56.4 Å². The van der Waals surface area contributed by atoms with Gasteiger partial charge >= 0.3 is 0 Å². The highest BCUT2D eigenvalue weighted by Gasteiger charge is 2.35. The summed E-state index contributed by atoms with van der Waals surface area (Å²) in [6.45, 7) is 3.95. The average Bonchev–Trinajstić information content (AvgIpc) is 3.37. The van der Waals surface area contributed by atoms with Gasteiger partial charge in [-0.05, 0) is 89.3 Å². The SMILES string of the molecule is Cc1ccc(Cl)cc1NC(=O)c1ccc(N2C[C@@H]3C[C@@H](C2)c2cccc(=O)n2C3)c(NC(=O)c2ccc(Br)o2)c1. The molecule has 10 heteroatoms. The van der Waals surface area contributed by atoms with Gasteiger partial charge < -0.3 is 24.5 Å². The molecule has 2 N–H and O–H groups in total. The minimum atomic E-state index is -0.427. The van der Waals surface area contributed by atoms with E-state index in [1.54, 1.807) is 42.5 Å². The van der Waals surface area contributed by atoms with E-state index in [9.17, 15) is 14.4 Å². The van der Waals surface area contributed by atoms with Gasteiger partial charge in [0.1, 0.15) is 0 Å². The van der Waals surface area contributed by atoms with Crippen molar-refractivity contribution in [2.45, 2.75) is 25.8 Å². The summed E-state index contributed by atoms with van der Waals surface area (Å²) >= 11 is 9.38. The van der Waals surface area contributed by atoms with Gasteiger partial charge in [0, 0.05) is 53.6 Å². The number of furan rings is 1. The van der Waals surface area contributed by atoms with Crippen LogP contribution in [0.25, 0.3) is 0 Å². The molecule has 2 atom stereocenters. The highest BCUT2D eigenvalue weighted by atomic mass is 79.9. The molecule has 0 saturated carbocycles. The molecular weight excluding hydrogens is 596 g/mol. The number of halogens is 2. The summed E-state index contributed by atoms with van der Waals surface area (Å²) in [4.78, 5) is 41.1. The summed E-state index contributed by atoms with van der Waals surface area (Å²) in [6.07, 6.45) is 1.00. The third kappa shape index (κ3) is 5.19. The topological polar surface area (TPSA) is 96.6 Å². The molecule has 2 aromatic carbocycles. The molecule has 0 radical (unpaired) electrons. The molecule has 2 aromatic heterocycles. The van der Waals surface area contributed by atoms with E-state index in [-0.39, 0.29) is 29.1 Å². The maximum Gasteiger partial charge on any atom is 0.291 e. The molecule has 8 nitrogen and oxygen atoms in total. The quantitative estimate of drug-likeness (QED) is 0.273. The van der Waals surface area contributed by atoms with Crippen molar-refractivity contribution in [1.82, 2.24) is 4.57 Å². The van der Waals surface area contributed by atoms with Gasteiger partial charge in [-0.1, -0.05) is 23.7 Å². The molecule has 6 rings (SSSR count). The molecule has 2 amide bonds. The molecule has 4 heterocycles. The number of aromatic nitrogens is 1. The fourth-order valence-corrected chi connectivity index (χ4v) is 6.17. The Kier molecular flexibility index (Phi) is 7.02. The third-order valence-electron chi connectivity index (χ3n) is 7.57. The summed E-state index contributed by atoms with van der Waals surface area (Å²) in [6, 6.07) is 19.3. The Morgan fingerprint density at radius 2 is 1.77 bits per heavy atom. The van der Waals surface area contributed by atoms with Crippen molar-refractivity contribution in [3.63, 3.8) is 0 Å². The van der Waals surface area contributed by atoms with Crippen LogP contribution in [0, 0.1) is 12.8 Å². The van der Waals surface area contributed by atoms with Gasteiger partial charge in [0.05, 0.1) is 11.4 Å². The van der Waals surface area contributed by atoms with Crippen LogP contribution in [0.1, 0.15) is 44.5 Å². The van der Waals surface area contributed by atoms with E-state index in [0.29, 0.717) is 39.7 Å². The Bertz CT molecular complexity index is 1700. The molecule has 2 aliphatic rings. The van der Waals surface area contributed by atoms with Gasteiger partial charge in [0.25, 0.3) is 17.4 Å². The van der Waals surface area contributed by atoms with Gasteiger partial charge in [0.2, 0.25) is 0 Å². The van der Waals surface area contributed by atoms with Crippen molar-refractivity contribution in [2.24, 2.45) is 5.92 Å². The first kappa shape index (κ1) is 26.4. The lowest BCUT2D eigenvalue weighted by atomic mass is 9.83. The molecule has 4 aromatic rings. The van der Waals surface area contributed by atoms with Crippen LogP contribution in [-0.4, -0.2) is 29.5 Å². The first-order valence-electron chi connectivity index (χ1n) is 13.0. The molecule has 1 fully saturated rings. The Morgan fingerprint density at radius 3 is 2.58 bits per heavy atom. The maximum atomic E-state index is 13.3. The van der Waals surface area contributed by atoms with Crippen LogP contribution in [0.4, 0.5) is 17.1 Å². The summed E-state index contributed by atoms with van der Waals surface area (Å²) in [5, 5.41) is 6.40. The maximum absolute atomic E-state index is 13.3. The molecular formula is C30H26BrClN4O4. The molecule has 0 spiro atoms. The van der Waals surface area contributed by atoms with Gasteiger partial charge in [-0.2, -0.15) is 0 Å². The molecule has 2 bridgehead atoms. The van der Waals surface area contributed by atoms with Crippen LogP contribution >= 0.6 is 27.5 Å². The minimum absolute atomic E-state index is 0.0310. The van der Waals surface area contributed by atoms with Gasteiger partial charge in [-0.25, -0.2) is 0 Å². The van der Waals surface area contributed by atoms with Crippen molar-refractivity contribution in [2.75, 3.05) is 28.6 Å². The Hall–Kier alpha value is -3.82. The Balaban J connectivity index is 1.33. The third-order valence-corrected chi connectivity index (χ3v) is 8.23. The normalized spacial score (nSPS) is 17.7. The van der Waals surface area contributed by atoms with Crippen LogP contribution < -0.4 is 21.1 Å². The number of nitrogens with zero attached hydrogens (tertiary/aromatic N) is 2. The van der Waals surface area contributed by atoms with E-state index < -0.39 is 5.91 Å². The highest BCUT2D eigenvalue weighted by Crippen LogP contribution is 2.39. The molecule has 204 valence electrons. The Morgan fingerprint density at radius 1 is 0.950 bits per heavy atom. The molecule has 2 aliphatic heterocycles. The number of carbonyl (C=O) groups is 2. The number of nitrogens with one attached hydrogen (secondary N) is 2. The standard InChI is InChI=1S/C30H26BrClN4O4/c1-17-5-7-21(32)13-22(17)33-29(38)19-6-8-25(23(12-19)34-30(39)26-9-10-27(31)40-26)35-14-18-11-20(16-35)24-3-2-4-28(37)36(24)15-18/h2-10,12-13,18,20H,11,14-16H2,1H3,(H,33,38)(H,34,39)/t18-,20-/m0/s1. The number of hydrogen-bond acceptors (Lipinski definition) is 5. The lowest BCUT2D eigenvalue weighted by molar-refractivity contribution is 0.0992. The second-order valence-electron chi connectivity index (χ2n) is 10.3. The number of piperidine rings is 1. The number of aryl methyl sites for hydroxylation is 1. The number of carbonyl (C=O) groups excluding carboxylic acids is 2. The number of rotatable bonds is 5. The van der Waals surface area contributed by atoms with E-state index >= 15 is 0 Å². The fraction of sp³-hybridized carbons (Fsp3) is 0.233. The van der Waals surface area contributed by atoms with E-state index in [4.69, 9.17) is 16.0 Å². The lowest BCUT2D eigenvalue weighted by Crippen LogP contribution is -2.47. The first-order chi connectivity index (χ1) is 19.2. The number of anilines is 3. The second-order valence-corrected chi connectivity index (χ2v) is 11.5. The Labute approximate surface area is 244 Å². The smallest absolute Gasteiger partial charge is 0.291 e. The lowest BCUT2D eigenvalue weighted by Gasteiger charge is -2.44. The summed E-state index contributed by atoms with van der Waals surface area (Å²) in [5.41, 5.74) is 4.24. The number of pyridine rings is 1. The number of amides is 2. The van der Waals surface area contributed by atoms with E-state index in [1.807, 2.05) is 35.8 Å². The predicted molar refractivity (Wildman–Crippen MR) is 159 cm³/mol. The highest BCUT2D eigenvalue weighted by molar-refractivity contribution is 9.10. The zero-order valence-corrected chi connectivity index (χ0v) is 24.0. The second kappa shape index (κ2) is 10.6. The van der Waals surface area contributed by atoms with Crippen LogP contribution in [0.15, 0.2) is 80.6 Å². The zero-order valence-electron chi connectivity index (χ0n) is 21.6. The summed E-state index contributed by atoms with van der Waals surface area (Å²) < 4.78 is 7.79. The van der Waals surface area contributed by atoms with E-state index in [2.05, 4.69) is 31.5 Å². The van der Waals surface area contributed by atoms with Crippen LogP contribution in [-0.2, 0) is 6.54 Å². The summed E-state index contributed by atoms with van der Waals surface area (Å²) in [7, 11) is 0. The molecule has 1 saturated heterocycles. The van der Waals surface area contributed by atoms with E-state index in [0.717, 1.165) is 29.9 Å². The largest absolute Gasteiger partial charge is 0.444 e. The van der Waals surface area contributed by atoms with Crippen LogP contribution in [0.2, 0.25) is 5.02 Å². The monoisotopic (exact) mass is 620 g/mol. The predicted octanol–water partition coefficient (Wildman–Crippen LogP) is 6.29. The van der Waals surface area contributed by atoms with Crippen LogP contribution in [0.3, 0.4) is 0 Å². The van der Waals surface area contributed by atoms with Gasteiger partial charge in [-0.15, -0.1) is 0 Å². The van der Waals surface area contributed by atoms with Crippen molar-refractivity contribution in [3.8, 4) is 0 Å².